The number of hydrogen-bond acceptors (Lipinski definition) is 6. The predicted molar refractivity (Wildman–Crippen MR) is 91.6 cm³/mol. The Morgan fingerprint density at radius 2 is 2.04 bits per heavy atom. The zero-order valence-electron chi connectivity index (χ0n) is 12.4. The Morgan fingerprint density at radius 1 is 1.26 bits per heavy atom. The Kier molecular flexibility index (Phi) is 5.53. The number of nitro benzene ring substituents is 1. The van der Waals surface area contributed by atoms with E-state index in [-0.39, 0.29) is 5.69 Å². The Balaban J connectivity index is 2.18. The fraction of sp³-hybridized carbons (Fsp3) is 0.133. The molecule has 0 atom stereocenters. The fourth-order valence-corrected chi connectivity index (χ4v) is 2.46. The van der Waals surface area contributed by atoms with Crippen LogP contribution >= 0.6 is 15.9 Å². The Labute approximate surface area is 141 Å². The largest absolute Gasteiger partial charge is 0.493 e. The lowest BCUT2D eigenvalue weighted by Gasteiger charge is -2.10. The van der Waals surface area contributed by atoms with Crippen molar-refractivity contribution in [3.8, 4) is 11.5 Å². The van der Waals surface area contributed by atoms with Crippen molar-refractivity contribution in [3.05, 3.63) is 56.5 Å². The SMILES string of the molecule is COc1ccc(C=NNc2cccc([N+](=O)[O-])c2)c(Br)c1OC. The van der Waals surface area contributed by atoms with Gasteiger partial charge in [-0.2, -0.15) is 5.10 Å². The van der Waals surface area contributed by atoms with E-state index in [1.807, 2.05) is 6.07 Å². The van der Waals surface area contributed by atoms with Gasteiger partial charge in [0.15, 0.2) is 11.5 Å². The molecule has 0 aliphatic carbocycles. The van der Waals surface area contributed by atoms with E-state index < -0.39 is 4.92 Å². The van der Waals surface area contributed by atoms with Crippen LogP contribution in [0, 0.1) is 10.1 Å². The molecule has 2 aromatic rings. The third-order valence-electron chi connectivity index (χ3n) is 2.97. The highest BCUT2D eigenvalue weighted by Gasteiger charge is 2.11. The van der Waals surface area contributed by atoms with Gasteiger partial charge in [-0.3, -0.25) is 15.5 Å². The highest BCUT2D eigenvalue weighted by atomic mass is 79.9. The van der Waals surface area contributed by atoms with Crippen molar-refractivity contribution >= 4 is 33.5 Å². The van der Waals surface area contributed by atoms with Crippen LogP contribution < -0.4 is 14.9 Å². The third kappa shape index (κ3) is 3.98. The second-order valence-electron chi connectivity index (χ2n) is 4.38. The number of nitrogens with one attached hydrogen (secondary N) is 1. The van der Waals surface area contributed by atoms with Gasteiger partial charge in [0.05, 0.1) is 35.5 Å². The van der Waals surface area contributed by atoms with E-state index in [0.29, 0.717) is 21.7 Å². The molecule has 0 saturated carbocycles. The zero-order chi connectivity index (χ0) is 16.8. The average molecular weight is 380 g/mol. The zero-order valence-corrected chi connectivity index (χ0v) is 14.0. The molecule has 0 aliphatic rings. The number of hydrazone groups is 1. The Morgan fingerprint density at radius 3 is 2.70 bits per heavy atom. The van der Waals surface area contributed by atoms with E-state index in [0.717, 1.165) is 5.56 Å². The smallest absolute Gasteiger partial charge is 0.271 e. The topological polar surface area (TPSA) is 86.0 Å². The molecule has 0 aliphatic heterocycles. The van der Waals surface area contributed by atoms with Gasteiger partial charge in [0.25, 0.3) is 5.69 Å². The van der Waals surface area contributed by atoms with Crippen LogP contribution in [0.4, 0.5) is 11.4 Å². The second-order valence-corrected chi connectivity index (χ2v) is 5.17. The first-order chi connectivity index (χ1) is 11.1. The van der Waals surface area contributed by atoms with Gasteiger partial charge >= 0.3 is 0 Å². The minimum atomic E-state index is -0.459. The maximum absolute atomic E-state index is 10.7. The van der Waals surface area contributed by atoms with Crippen LogP contribution in [-0.2, 0) is 0 Å². The summed E-state index contributed by atoms with van der Waals surface area (Å²) in [4.78, 5) is 10.3. The van der Waals surface area contributed by atoms with Gasteiger partial charge in [0.1, 0.15) is 0 Å². The van der Waals surface area contributed by atoms with E-state index in [1.165, 1.54) is 12.1 Å². The van der Waals surface area contributed by atoms with E-state index in [9.17, 15) is 10.1 Å². The molecule has 1 N–H and O–H groups in total. The van der Waals surface area contributed by atoms with Crippen molar-refractivity contribution in [1.29, 1.82) is 0 Å². The Bertz CT molecular complexity index is 749. The van der Waals surface area contributed by atoms with Crippen molar-refractivity contribution in [3.63, 3.8) is 0 Å². The highest BCUT2D eigenvalue weighted by molar-refractivity contribution is 9.10. The van der Waals surface area contributed by atoms with Crippen LogP contribution in [0.25, 0.3) is 0 Å². The van der Waals surface area contributed by atoms with Gasteiger partial charge < -0.3 is 9.47 Å². The van der Waals surface area contributed by atoms with Crippen LogP contribution in [-0.4, -0.2) is 25.4 Å². The monoisotopic (exact) mass is 379 g/mol. The van der Waals surface area contributed by atoms with E-state index in [2.05, 4.69) is 26.5 Å². The minimum Gasteiger partial charge on any atom is -0.493 e. The molecule has 0 radical (unpaired) electrons. The number of nitrogens with zero attached hydrogens (tertiary/aromatic N) is 2. The van der Waals surface area contributed by atoms with Crippen LogP contribution in [0.5, 0.6) is 11.5 Å². The lowest BCUT2D eigenvalue weighted by atomic mass is 10.2. The molecule has 120 valence electrons. The number of anilines is 1. The molecular weight excluding hydrogens is 366 g/mol. The van der Waals surface area contributed by atoms with Crippen molar-refractivity contribution in [2.24, 2.45) is 5.10 Å². The first-order valence-electron chi connectivity index (χ1n) is 6.51. The molecule has 23 heavy (non-hydrogen) atoms. The number of methoxy groups -OCH3 is 2. The maximum Gasteiger partial charge on any atom is 0.271 e. The van der Waals surface area contributed by atoms with Gasteiger partial charge in [0.2, 0.25) is 0 Å². The second kappa shape index (κ2) is 7.59. The number of rotatable bonds is 6. The Hall–Kier alpha value is -2.61. The number of nitro groups is 1. The third-order valence-corrected chi connectivity index (χ3v) is 3.79. The van der Waals surface area contributed by atoms with Crippen molar-refractivity contribution < 1.29 is 14.4 Å². The summed E-state index contributed by atoms with van der Waals surface area (Å²) in [6, 6.07) is 9.67. The number of benzene rings is 2. The minimum absolute atomic E-state index is 0.00232. The van der Waals surface area contributed by atoms with Gasteiger partial charge in [-0.25, -0.2) is 0 Å². The predicted octanol–water partition coefficient (Wildman–Crippen LogP) is 3.82. The molecule has 0 saturated heterocycles. The van der Waals surface area contributed by atoms with Crippen molar-refractivity contribution in [1.82, 2.24) is 0 Å². The molecule has 0 bridgehead atoms. The van der Waals surface area contributed by atoms with Gasteiger partial charge in [-0.05, 0) is 34.1 Å². The molecule has 0 fully saturated rings. The average Bonchev–Trinajstić information content (AvgIpc) is 2.56. The molecule has 0 amide bonds. The van der Waals surface area contributed by atoms with E-state index >= 15 is 0 Å². The molecule has 0 spiro atoms. The maximum atomic E-state index is 10.7. The number of ether oxygens (including phenoxy) is 2. The summed E-state index contributed by atoms with van der Waals surface area (Å²) >= 11 is 3.44. The summed E-state index contributed by atoms with van der Waals surface area (Å²) in [5, 5.41) is 14.8. The van der Waals surface area contributed by atoms with Gasteiger partial charge in [0, 0.05) is 17.7 Å². The van der Waals surface area contributed by atoms with Crippen molar-refractivity contribution in [2.45, 2.75) is 0 Å². The van der Waals surface area contributed by atoms with E-state index in [1.54, 1.807) is 38.6 Å². The highest BCUT2D eigenvalue weighted by Crippen LogP contribution is 2.36. The summed E-state index contributed by atoms with van der Waals surface area (Å²) in [7, 11) is 3.10. The molecule has 0 unspecified atom stereocenters. The molecule has 8 heteroatoms. The summed E-state index contributed by atoms with van der Waals surface area (Å²) in [6.45, 7) is 0. The van der Waals surface area contributed by atoms with Crippen LogP contribution in [0.3, 0.4) is 0 Å². The summed E-state index contributed by atoms with van der Waals surface area (Å²) in [5.41, 5.74) is 4.04. The standard InChI is InChI=1S/C15H14BrN3O4/c1-22-13-7-6-10(14(16)15(13)23-2)9-17-18-11-4-3-5-12(8-11)19(20)21/h3-9,18H,1-2H3. The quantitative estimate of drug-likeness (QED) is 0.468. The van der Waals surface area contributed by atoms with Crippen LogP contribution in [0.15, 0.2) is 46.0 Å². The summed E-state index contributed by atoms with van der Waals surface area (Å²) in [5.74, 6) is 1.16. The van der Waals surface area contributed by atoms with Gasteiger partial charge in [-0.1, -0.05) is 6.07 Å². The van der Waals surface area contributed by atoms with Crippen molar-refractivity contribution in [2.75, 3.05) is 19.6 Å². The summed E-state index contributed by atoms with van der Waals surface area (Å²) < 4.78 is 11.2. The molecule has 7 nitrogen and oxygen atoms in total. The number of hydrogen-bond donors (Lipinski definition) is 1. The number of non-ortho nitro benzene ring substituents is 1. The molecule has 2 rings (SSSR count). The van der Waals surface area contributed by atoms with E-state index in [4.69, 9.17) is 9.47 Å². The first-order valence-corrected chi connectivity index (χ1v) is 7.30. The van der Waals surface area contributed by atoms with Gasteiger partial charge in [-0.15, -0.1) is 0 Å². The summed E-state index contributed by atoms with van der Waals surface area (Å²) in [6.07, 6.45) is 1.57. The first kappa shape index (κ1) is 16.8. The lowest BCUT2D eigenvalue weighted by Crippen LogP contribution is -1.96. The lowest BCUT2D eigenvalue weighted by molar-refractivity contribution is -0.384. The number of halogens is 1. The molecule has 0 aromatic heterocycles. The molecule has 2 aromatic carbocycles. The fourth-order valence-electron chi connectivity index (χ4n) is 1.87. The van der Waals surface area contributed by atoms with Crippen LogP contribution in [0.1, 0.15) is 5.56 Å². The molecular formula is C15H14BrN3O4. The normalized spacial score (nSPS) is 10.6. The molecule has 0 heterocycles. The van der Waals surface area contributed by atoms with Crippen LogP contribution in [0.2, 0.25) is 0 Å².